The summed E-state index contributed by atoms with van der Waals surface area (Å²) in [4.78, 5) is 0.172. The molecule has 0 saturated heterocycles. The monoisotopic (exact) mass is 444 g/mol. The molecule has 19 heavy (non-hydrogen) atoms. The van der Waals surface area contributed by atoms with Crippen LogP contribution in [0.1, 0.15) is 21.5 Å². The van der Waals surface area contributed by atoms with Gasteiger partial charge in [-0.05, 0) is 41.0 Å². The maximum absolute atomic E-state index is 5.55. The van der Waals surface area contributed by atoms with E-state index in [4.69, 9.17) is 4.74 Å². The number of halogens is 3. The second-order valence-corrected chi connectivity index (χ2v) is 7.18. The lowest BCUT2D eigenvalue weighted by Gasteiger charge is -2.14. The predicted octanol–water partition coefficient (Wildman–Crippen LogP) is 5.63. The molecule has 4 heteroatoms. The molecule has 3 rings (SSSR count). The molecule has 1 unspecified atom stereocenters. The Morgan fingerprint density at radius 2 is 1.89 bits per heavy atom. The molecule has 0 N–H and O–H groups in total. The van der Waals surface area contributed by atoms with Gasteiger partial charge in [0.05, 0.1) is 11.4 Å². The van der Waals surface area contributed by atoms with Gasteiger partial charge in [0, 0.05) is 15.4 Å². The molecule has 0 amide bonds. The fourth-order valence-electron chi connectivity index (χ4n) is 2.25. The molecular formula is C15H11Br3O. The zero-order chi connectivity index (χ0) is 13.4. The summed E-state index contributed by atoms with van der Waals surface area (Å²) < 4.78 is 7.74. The number of ether oxygens (including phenoxy) is 1. The summed E-state index contributed by atoms with van der Waals surface area (Å²) in [6.07, 6.45) is 1.00. The molecule has 98 valence electrons. The maximum atomic E-state index is 5.55. The van der Waals surface area contributed by atoms with Crippen LogP contribution < -0.4 is 4.74 Å². The van der Waals surface area contributed by atoms with Crippen LogP contribution in [0.5, 0.6) is 5.75 Å². The van der Waals surface area contributed by atoms with Crippen molar-refractivity contribution in [2.45, 2.75) is 11.2 Å². The molecule has 0 radical (unpaired) electrons. The highest BCUT2D eigenvalue weighted by Crippen LogP contribution is 2.39. The molecule has 0 aromatic heterocycles. The third kappa shape index (κ3) is 2.76. The first-order valence-corrected chi connectivity index (χ1v) is 8.50. The predicted molar refractivity (Wildman–Crippen MR) is 88.3 cm³/mol. The number of hydrogen-bond acceptors (Lipinski definition) is 1. The van der Waals surface area contributed by atoms with Crippen molar-refractivity contribution >= 4 is 47.8 Å². The Balaban J connectivity index is 1.99. The molecule has 0 bridgehead atoms. The van der Waals surface area contributed by atoms with Crippen LogP contribution in [-0.2, 0) is 6.42 Å². The molecule has 1 atom stereocenters. The summed E-state index contributed by atoms with van der Waals surface area (Å²) in [5.41, 5.74) is 3.77. The van der Waals surface area contributed by atoms with Crippen LogP contribution in [0.2, 0.25) is 0 Å². The van der Waals surface area contributed by atoms with Crippen LogP contribution in [0.15, 0.2) is 45.3 Å². The van der Waals surface area contributed by atoms with Crippen molar-refractivity contribution in [1.82, 2.24) is 0 Å². The molecule has 2 aromatic rings. The summed E-state index contributed by atoms with van der Waals surface area (Å²) in [6, 6.07) is 12.6. The van der Waals surface area contributed by atoms with Crippen LogP contribution in [0.3, 0.4) is 0 Å². The summed E-state index contributed by atoms with van der Waals surface area (Å²) in [5.74, 6) is 1.02. The molecule has 1 nitrogen and oxygen atoms in total. The Labute approximate surface area is 137 Å². The third-order valence-corrected chi connectivity index (χ3v) is 5.47. The quantitative estimate of drug-likeness (QED) is 0.543. The standard InChI is InChI=1S/C15H11Br3O/c16-11-2-3-13(17)12(8-11)15(18)10-1-4-14-9(7-10)5-6-19-14/h1-4,7-8,15H,5-6H2. The van der Waals surface area contributed by atoms with Crippen molar-refractivity contribution in [2.75, 3.05) is 6.61 Å². The molecule has 1 aliphatic heterocycles. The van der Waals surface area contributed by atoms with Gasteiger partial charge in [-0.2, -0.15) is 0 Å². The Bertz CT molecular complexity index is 625. The summed E-state index contributed by atoms with van der Waals surface area (Å²) in [7, 11) is 0. The van der Waals surface area contributed by atoms with Gasteiger partial charge in [-0.1, -0.05) is 59.9 Å². The zero-order valence-corrected chi connectivity index (χ0v) is 14.8. The van der Waals surface area contributed by atoms with E-state index in [1.54, 1.807) is 0 Å². The maximum Gasteiger partial charge on any atom is 0.122 e. The highest BCUT2D eigenvalue weighted by molar-refractivity contribution is 9.11. The molecule has 1 aliphatic rings. The Morgan fingerprint density at radius 1 is 1.05 bits per heavy atom. The van der Waals surface area contributed by atoms with E-state index in [9.17, 15) is 0 Å². The Hall–Kier alpha value is -0.320. The number of hydrogen-bond donors (Lipinski definition) is 0. The van der Waals surface area contributed by atoms with Gasteiger partial charge in [0.15, 0.2) is 0 Å². The van der Waals surface area contributed by atoms with Gasteiger partial charge >= 0.3 is 0 Å². The van der Waals surface area contributed by atoms with Crippen molar-refractivity contribution in [1.29, 1.82) is 0 Å². The van der Waals surface area contributed by atoms with E-state index >= 15 is 0 Å². The SMILES string of the molecule is Brc1ccc(Br)c(C(Br)c2ccc3c(c2)CCO3)c1. The normalized spacial score (nSPS) is 14.9. The van der Waals surface area contributed by atoms with Gasteiger partial charge in [0.25, 0.3) is 0 Å². The number of alkyl halides is 1. The van der Waals surface area contributed by atoms with E-state index < -0.39 is 0 Å². The number of benzene rings is 2. The van der Waals surface area contributed by atoms with Gasteiger partial charge in [-0.3, -0.25) is 0 Å². The first kappa shape index (κ1) is 13.7. The van der Waals surface area contributed by atoms with E-state index in [0.29, 0.717) is 0 Å². The van der Waals surface area contributed by atoms with E-state index in [1.165, 1.54) is 16.7 Å². The lowest BCUT2D eigenvalue weighted by molar-refractivity contribution is 0.357. The molecule has 0 aliphatic carbocycles. The first-order valence-electron chi connectivity index (χ1n) is 6.00. The fraction of sp³-hybridized carbons (Fsp3) is 0.200. The molecule has 2 aromatic carbocycles. The average Bonchev–Trinajstić information content (AvgIpc) is 2.88. The van der Waals surface area contributed by atoms with E-state index in [1.807, 2.05) is 6.07 Å². The van der Waals surface area contributed by atoms with Crippen LogP contribution in [0.25, 0.3) is 0 Å². The van der Waals surface area contributed by atoms with Crippen LogP contribution in [0, 0.1) is 0 Å². The second-order valence-electron chi connectivity index (χ2n) is 4.49. The zero-order valence-electron chi connectivity index (χ0n) is 10.00. The highest BCUT2D eigenvalue weighted by Gasteiger charge is 2.18. The minimum absolute atomic E-state index is 0.172. The smallest absolute Gasteiger partial charge is 0.122 e. The minimum atomic E-state index is 0.172. The third-order valence-electron chi connectivity index (χ3n) is 3.24. The molecular weight excluding hydrogens is 436 g/mol. The number of fused-ring (bicyclic) bond motifs is 1. The van der Waals surface area contributed by atoms with Crippen LogP contribution in [-0.4, -0.2) is 6.61 Å². The molecule has 0 saturated carbocycles. The summed E-state index contributed by atoms with van der Waals surface area (Å²) in [6.45, 7) is 0.798. The lowest BCUT2D eigenvalue weighted by Crippen LogP contribution is -1.95. The van der Waals surface area contributed by atoms with Gasteiger partial charge < -0.3 is 4.74 Å². The average molecular weight is 447 g/mol. The Morgan fingerprint density at radius 3 is 2.74 bits per heavy atom. The van der Waals surface area contributed by atoms with E-state index in [0.717, 1.165) is 27.7 Å². The molecule has 1 heterocycles. The van der Waals surface area contributed by atoms with Gasteiger partial charge in [-0.15, -0.1) is 0 Å². The lowest BCUT2D eigenvalue weighted by atomic mass is 10.0. The first-order chi connectivity index (χ1) is 9.15. The molecule has 0 fully saturated rings. The Kier molecular flexibility index (Phi) is 4.01. The van der Waals surface area contributed by atoms with Crippen molar-refractivity contribution in [3.05, 3.63) is 62.0 Å². The van der Waals surface area contributed by atoms with E-state index in [-0.39, 0.29) is 4.83 Å². The van der Waals surface area contributed by atoms with Crippen LogP contribution >= 0.6 is 47.8 Å². The fourth-order valence-corrected chi connectivity index (χ4v) is 4.08. The second kappa shape index (κ2) is 5.58. The van der Waals surface area contributed by atoms with Crippen molar-refractivity contribution in [2.24, 2.45) is 0 Å². The largest absolute Gasteiger partial charge is 0.493 e. The van der Waals surface area contributed by atoms with Crippen molar-refractivity contribution in [3.63, 3.8) is 0 Å². The minimum Gasteiger partial charge on any atom is -0.493 e. The molecule has 0 spiro atoms. The summed E-state index contributed by atoms with van der Waals surface area (Å²) >= 11 is 10.9. The highest BCUT2D eigenvalue weighted by atomic mass is 79.9. The van der Waals surface area contributed by atoms with E-state index in [2.05, 4.69) is 78.1 Å². The van der Waals surface area contributed by atoms with Gasteiger partial charge in [-0.25, -0.2) is 0 Å². The van der Waals surface area contributed by atoms with Crippen molar-refractivity contribution in [3.8, 4) is 5.75 Å². The number of rotatable bonds is 2. The topological polar surface area (TPSA) is 9.23 Å². The summed E-state index contributed by atoms with van der Waals surface area (Å²) in [5, 5.41) is 0. The van der Waals surface area contributed by atoms with Gasteiger partial charge in [0.2, 0.25) is 0 Å². The van der Waals surface area contributed by atoms with Crippen LogP contribution in [0.4, 0.5) is 0 Å². The van der Waals surface area contributed by atoms with Crippen molar-refractivity contribution < 1.29 is 4.74 Å². The van der Waals surface area contributed by atoms with Gasteiger partial charge in [0.1, 0.15) is 5.75 Å².